The summed E-state index contributed by atoms with van der Waals surface area (Å²) in [5, 5.41) is 3.74. The summed E-state index contributed by atoms with van der Waals surface area (Å²) in [7, 11) is -1.50. The monoisotopic (exact) mass is 648 g/mol. The van der Waals surface area contributed by atoms with Gasteiger partial charge in [-0.15, -0.1) is 0 Å². The number of carbonyl (C=O) groups excluding carboxylic acids is 2. The highest BCUT2D eigenvalue weighted by atomic mass is 35.5. The molecule has 0 unspecified atom stereocenters. The molecule has 0 aliphatic heterocycles. The summed E-state index contributed by atoms with van der Waals surface area (Å²) < 4.78 is 42.5. The SMILES string of the molecule is CN(C)S(=O)(=O)N(CC(=O)N(Cc1ccc(Cl)c(Cl)c1)[C@@H](Cc1ccccc1)C(=O)NC1CCCC1)c1ccc(F)cc1. The Balaban J connectivity index is 1.76. The van der Waals surface area contributed by atoms with Crippen LogP contribution in [-0.2, 0) is 32.8 Å². The lowest BCUT2D eigenvalue weighted by molar-refractivity contribution is -0.140. The Labute approximate surface area is 262 Å². The van der Waals surface area contributed by atoms with E-state index in [-0.39, 0.29) is 35.6 Å². The van der Waals surface area contributed by atoms with Crippen LogP contribution < -0.4 is 9.62 Å². The van der Waals surface area contributed by atoms with Crippen LogP contribution in [0.5, 0.6) is 0 Å². The minimum Gasteiger partial charge on any atom is -0.352 e. The van der Waals surface area contributed by atoms with E-state index in [9.17, 15) is 22.4 Å². The number of amides is 2. The molecule has 3 aromatic rings. The first kappa shape index (κ1) is 32.7. The van der Waals surface area contributed by atoms with Gasteiger partial charge in [-0.1, -0.05) is 72.4 Å². The van der Waals surface area contributed by atoms with Gasteiger partial charge in [0.15, 0.2) is 0 Å². The highest BCUT2D eigenvalue weighted by Gasteiger charge is 2.35. The summed E-state index contributed by atoms with van der Waals surface area (Å²) in [5.74, 6) is -1.50. The molecule has 1 atom stereocenters. The van der Waals surface area contributed by atoms with E-state index in [1.807, 2.05) is 30.3 Å². The number of nitrogens with zero attached hydrogens (tertiary/aromatic N) is 3. The van der Waals surface area contributed by atoms with E-state index in [1.54, 1.807) is 18.2 Å². The quantitative estimate of drug-likeness (QED) is 0.283. The van der Waals surface area contributed by atoms with Crippen LogP contribution >= 0.6 is 23.2 Å². The lowest BCUT2D eigenvalue weighted by Gasteiger charge is -2.35. The first-order chi connectivity index (χ1) is 20.5. The summed E-state index contributed by atoms with van der Waals surface area (Å²) in [6, 6.07) is 18.1. The van der Waals surface area contributed by atoms with Gasteiger partial charge in [0.05, 0.1) is 15.7 Å². The van der Waals surface area contributed by atoms with Crippen molar-refractivity contribution in [2.75, 3.05) is 24.9 Å². The number of anilines is 1. The van der Waals surface area contributed by atoms with Gasteiger partial charge in [-0.25, -0.2) is 8.70 Å². The Kier molecular flexibility index (Phi) is 11.1. The van der Waals surface area contributed by atoms with Gasteiger partial charge in [0, 0.05) is 33.1 Å². The van der Waals surface area contributed by atoms with Crippen LogP contribution in [0.1, 0.15) is 36.8 Å². The van der Waals surface area contributed by atoms with Crippen molar-refractivity contribution in [1.82, 2.24) is 14.5 Å². The molecule has 0 bridgehead atoms. The lowest BCUT2D eigenvalue weighted by atomic mass is 10.0. The average Bonchev–Trinajstić information content (AvgIpc) is 3.49. The molecule has 1 aliphatic carbocycles. The molecule has 1 aliphatic rings. The molecule has 12 heteroatoms. The molecule has 0 heterocycles. The Morgan fingerprint density at radius 1 is 0.930 bits per heavy atom. The third-order valence-corrected chi connectivity index (χ3v) is 10.0. The second-order valence-corrected chi connectivity index (χ2v) is 13.6. The number of rotatable bonds is 12. The van der Waals surface area contributed by atoms with Crippen LogP contribution in [0.15, 0.2) is 72.8 Å². The molecule has 0 radical (unpaired) electrons. The normalized spacial score (nSPS) is 14.5. The first-order valence-corrected chi connectivity index (χ1v) is 16.1. The maximum Gasteiger partial charge on any atom is 0.304 e. The molecule has 8 nitrogen and oxygen atoms in total. The molecule has 230 valence electrons. The smallest absolute Gasteiger partial charge is 0.304 e. The third kappa shape index (κ3) is 8.47. The van der Waals surface area contributed by atoms with E-state index in [4.69, 9.17) is 23.2 Å². The lowest BCUT2D eigenvalue weighted by Crippen LogP contribution is -2.55. The van der Waals surface area contributed by atoms with Crippen LogP contribution in [0.3, 0.4) is 0 Å². The molecule has 0 aromatic heterocycles. The Morgan fingerprint density at radius 2 is 1.58 bits per heavy atom. The zero-order chi connectivity index (χ0) is 31.1. The zero-order valence-electron chi connectivity index (χ0n) is 24.0. The van der Waals surface area contributed by atoms with Crippen molar-refractivity contribution < 1.29 is 22.4 Å². The number of nitrogens with one attached hydrogen (secondary N) is 1. The van der Waals surface area contributed by atoms with Gasteiger partial charge < -0.3 is 10.2 Å². The minimum absolute atomic E-state index is 0.00228. The van der Waals surface area contributed by atoms with E-state index in [2.05, 4.69) is 5.32 Å². The van der Waals surface area contributed by atoms with E-state index >= 15 is 0 Å². The second kappa shape index (κ2) is 14.5. The zero-order valence-corrected chi connectivity index (χ0v) is 26.4. The fourth-order valence-corrected chi connectivity index (χ4v) is 6.46. The average molecular weight is 650 g/mol. The van der Waals surface area contributed by atoms with E-state index in [0.29, 0.717) is 10.6 Å². The van der Waals surface area contributed by atoms with Gasteiger partial charge in [-0.05, 0) is 60.4 Å². The minimum atomic E-state index is -4.18. The summed E-state index contributed by atoms with van der Waals surface area (Å²) in [6.07, 6.45) is 3.92. The maximum atomic E-state index is 14.3. The Bertz CT molecular complexity index is 1520. The predicted octanol–water partition coefficient (Wildman–Crippen LogP) is 5.44. The van der Waals surface area contributed by atoms with E-state index < -0.39 is 34.5 Å². The Hall–Kier alpha value is -3.18. The van der Waals surface area contributed by atoms with Crippen molar-refractivity contribution in [2.45, 2.75) is 50.7 Å². The molecular weight excluding hydrogens is 614 g/mol. The van der Waals surface area contributed by atoms with Crippen LogP contribution in [0.4, 0.5) is 10.1 Å². The van der Waals surface area contributed by atoms with Crippen molar-refractivity contribution in [3.8, 4) is 0 Å². The van der Waals surface area contributed by atoms with Crippen molar-refractivity contribution in [1.29, 1.82) is 0 Å². The number of carbonyl (C=O) groups is 2. The topological polar surface area (TPSA) is 90.0 Å². The molecule has 43 heavy (non-hydrogen) atoms. The molecule has 1 fully saturated rings. The van der Waals surface area contributed by atoms with Crippen molar-refractivity contribution in [2.24, 2.45) is 0 Å². The van der Waals surface area contributed by atoms with Gasteiger partial charge >= 0.3 is 10.2 Å². The molecule has 1 saturated carbocycles. The van der Waals surface area contributed by atoms with Gasteiger partial charge in [-0.3, -0.25) is 9.59 Å². The number of hydrogen-bond donors (Lipinski definition) is 1. The van der Waals surface area contributed by atoms with Crippen LogP contribution in [-0.4, -0.2) is 62.2 Å². The Morgan fingerprint density at radius 3 is 2.19 bits per heavy atom. The number of hydrogen-bond acceptors (Lipinski definition) is 4. The van der Waals surface area contributed by atoms with Crippen molar-refractivity contribution in [3.05, 3.63) is 99.8 Å². The first-order valence-electron chi connectivity index (χ1n) is 14.0. The maximum absolute atomic E-state index is 14.3. The molecule has 3 aromatic carbocycles. The summed E-state index contributed by atoms with van der Waals surface area (Å²) >= 11 is 12.4. The fourth-order valence-electron chi connectivity index (χ4n) is 5.08. The predicted molar refractivity (Wildman–Crippen MR) is 168 cm³/mol. The van der Waals surface area contributed by atoms with Gasteiger partial charge in [-0.2, -0.15) is 12.7 Å². The largest absolute Gasteiger partial charge is 0.352 e. The standard InChI is InChI=1S/C31H35Cl2FN4O4S/c1-36(2)43(41,42)38(26-15-13-24(34)14-16-26)21-30(39)37(20-23-12-17-27(32)28(33)18-23)29(19-22-8-4-3-5-9-22)31(40)35-25-10-6-7-11-25/h3-5,8-9,12-18,25,29H,6-7,10-11,19-21H2,1-2H3,(H,35,40)/t29-/m0/s1. The number of halogens is 3. The molecule has 0 saturated heterocycles. The van der Waals surface area contributed by atoms with Gasteiger partial charge in [0.25, 0.3) is 0 Å². The molecule has 2 amide bonds. The summed E-state index contributed by atoms with van der Waals surface area (Å²) in [4.78, 5) is 29.6. The van der Waals surface area contributed by atoms with Crippen molar-refractivity contribution in [3.63, 3.8) is 0 Å². The fraction of sp³-hybridized carbons (Fsp3) is 0.355. The van der Waals surface area contributed by atoms with Crippen molar-refractivity contribution >= 4 is 50.9 Å². The third-order valence-electron chi connectivity index (χ3n) is 7.44. The van der Waals surface area contributed by atoms with E-state index in [1.165, 1.54) is 31.1 Å². The molecule has 1 N–H and O–H groups in total. The second-order valence-electron chi connectivity index (χ2n) is 10.7. The molecule has 4 rings (SSSR count). The van der Waals surface area contributed by atoms with Gasteiger partial charge in [0.1, 0.15) is 18.4 Å². The molecule has 0 spiro atoms. The van der Waals surface area contributed by atoms with Crippen LogP contribution in [0.2, 0.25) is 10.0 Å². The van der Waals surface area contributed by atoms with Crippen LogP contribution in [0, 0.1) is 5.82 Å². The summed E-state index contributed by atoms with van der Waals surface area (Å²) in [6.45, 7) is -0.667. The van der Waals surface area contributed by atoms with Gasteiger partial charge in [0.2, 0.25) is 11.8 Å². The summed E-state index contributed by atoms with van der Waals surface area (Å²) in [5.41, 5.74) is 1.54. The van der Waals surface area contributed by atoms with Crippen LogP contribution in [0.25, 0.3) is 0 Å². The highest BCUT2D eigenvalue weighted by molar-refractivity contribution is 7.90. The highest BCUT2D eigenvalue weighted by Crippen LogP contribution is 2.26. The van der Waals surface area contributed by atoms with E-state index in [0.717, 1.165) is 52.0 Å². The number of benzene rings is 3. The molecular formula is C31H35Cl2FN4O4S.